The summed E-state index contributed by atoms with van der Waals surface area (Å²) in [5.74, 6) is -0.0595. The molecule has 41 heavy (non-hydrogen) atoms. The number of halogens is 2. The van der Waals surface area contributed by atoms with Crippen LogP contribution in [0, 0.1) is 0 Å². The average molecular weight is 594 g/mol. The second kappa shape index (κ2) is 10.1. The Morgan fingerprint density at radius 1 is 1.05 bits per heavy atom. The molecular weight excluding hydrogens is 569 g/mol. The third kappa shape index (κ3) is 4.67. The van der Waals surface area contributed by atoms with Gasteiger partial charge >= 0.3 is 0 Å². The maximum absolute atomic E-state index is 13.9. The zero-order valence-electron chi connectivity index (χ0n) is 22.4. The Bertz CT molecular complexity index is 1710. The number of benzene rings is 2. The van der Waals surface area contributed by atoms with Gasteiger partial charge in [-0.15, -0.1) is 0 Å². The summed E-state index contributed by atoms with van der Waals surface area (Å²) in [4.78, 5) is 31.6. The van der Waals surface area contributed by atoms with E-state index in [4.69, 9.17) is 48.2 Å². The monoisotopic (exact) mass is 593 g/mol. The molecule has 2 aliphatic heterocycles. The third-order valence-corrected chi connectivity index (χ3v) is 7.61. The maximum atomic E-state index is 13.9. The highest BCUT2D eigenvalue weighted by molar-refractivity contribution is 6.34. The summed E-state index contributed by atoms with van der Waals surface area (Å²) in [6.45, 7) is 4.57. The minimum Gasteiger partial charge on any atom is -0.496 e. The first-order valence-corrected chi connectivity index (χ1v) is 13.4. The Balaban J connectivity index is 1.60. The number of fused-ring (bicyclic) bond motifs is 3. The number of nitrogens with two attached hydrogens (primary N) is 1. The van der Waals surface area contributed by atoms with Crippen molar-refractivity contribution in [3.8, 4) is 39.6 Å². The van der Waals surface area contributed by atoms with E-state index in [-0.39, 0.29) is 30.5 Å². The Hall–Kier alpha value is -4.12. The van der Waals surface area contributed by atoms with Crippen LogP contribution in [0.3, 0.4) is 0 Å². The number of hydrogen-bond acceptors (Lipinski definition) is 7. The summed E-state index contributed by atoms with van der Waals surface area (Å²) >= 11 is 12.7. The van der Waals surface area contributed by atoms with E-state index in [1.54, 1.807) is 47.2 Å². The van der Waals surface area contributed by atoms with Crippen LogP contribution in [-0.2, 0) is 11.3 Å². The van der Waals surface area contributed by atoms with Gasteiger partial charge in [0.25, 0.3) is 5.91 Å². The van der Waals surface area contributed by atoms with Gasteiger partial charge in [-0.05, 0) is 50.2 Å². The molecule has 4 aromatic rings. The number of carbonyl (C=O) groups is 2. The number of pyridine rings is 1. The molecule has 0 saturated carbocycles. The molecule has 0 unspecified atom stereocenters. The largest absolute Gasteiger partial charge is 0.496 e. The van der Waals surface area contributed by atoms with Crippen molar-refractivity contribution in [3.05, 3.63) is 75.7 Å². The normalized spacial score (nSPS) is 15.2. The van der Waals surface area contributed by atoms with E-state index in [0.29, 0.717) is 50.7 Å². The van der Waals surface area contributed by atoms with Crippen LogP contribution < -0.4 is 15.2 Å². The van der Waals surface area contributed by atoms with Crippen molar-refractivity contribution < 1.29 is 23.8 Å². The highest BCUT2D eigenvalue weighted by Gasteiger charge is 2.41. The lowest BCUT2D eigenvalue weighted by molar-refractivity contribution is 0.0594. The summed E-state index contributed by atoms with van der Waals surface area (Å²) in [6.07, 6.45) is 3.03. The number of carbonyl (C=O) groups excluding carboxylic acids is 2. The number of primary amides is 1. The van der Waals surface area contributed by atoms with Crippen molar-refractivity contribution >= 4 is 35.0 Å². The number of nitrogens with zero attached hydrogens (tertiary/aromatic N) is 4. The molecule has 0 radical (unpaired) electrons. The van der Waals surface area contributed by atoms with Gasteiger partial charge in [0.2, 0.25) is 5.91 Å². The van der Waals surface area contributed by atoms with Crippen molar-refractivity contribution in [1.29, 1.82) is 0 Å². The third-order valence-electron chi connectivity index (χ3n) is 7.17. The second-order valence-electron chi connectivity index (χ2n) is 10.4. The van der Waals surface area contributed by atoms with Crippen molar-refractivity contribution in [2.75, 3.05) is 20.4 Å². The lowest BCUT2D eigenvalue weighted by atomic mass is 9.94. The first-order chi connectivity index (χ1) is 19.6. The van der Waals surface area contributed by atoms with E-state index in [2.05, 4.69) is 4.98 Å². The Kier molecular flexibility index (Phi) is 6.64. The number of methoxy groups -OCH3 is 1. The van der Waals surface area contributed by atoms with Gasteiger partial charge in [0.1, 0.15) is 24.8 Å². The van der Waals surface area contributed by atoms with E-state index in [0.717, 1.165) is 11.1 Å². The minimum atomic E-state index is -0.597. The van der Waals surface area contributed by atoms with Gasteiger partial charge in [-0.1, -0.05) is 23.2 Å². The first kappa shape index (κ1) is 27.1. The Morgan fingerprint density at radius 2 is 1.80 bits per heavy atom. The van der Waals surface area contributed by atoms with Crippen molar-refractivity contribution in [3.63, 3.8) is 0 Å². The van der Waals surface area contributed by atoms with Gasteiger partial charge in [0.15, 0.2) is 11.4 Å². The SMILES string of the molecule is COc1cc2c(cc1-c1cncc(C(N)=O)c1)-c1c(c(C(=O)N3COCC3(C)C)nn1-c1cc(Cl)cc(Cl)c1)OC2. The topological polar surface area (TPSA) is 122 Å². The molecule has 2 N–H and O–H groups in total. The zero-order chi connectivity index (χ0) is 29.1. The molecule has 210 valence electrons. The van der Waals surface area contributed by atoms with E-state index in [1.807, 2.05) is 26.0 Å². The average Bonchev–Trinajstić information content (AvgIpc) is 3.51. The fourth-order valence-electron chi connectivity index (χ4n) is 5.09. The summed E-state index contributed by atoms with van der Waals surface area (Å²) in [5.41, 5.74) is 9.28. The predicted octanol–water partition coefficient (Wildman–Crippen LogP) is 5.12. The minimum absolute atomic E-state index is 0.134. The molecule has 6 rings (SSSR count). The van der Waals surface area contributed by atoms with E-state index >= 15 is 0 Å². The molecule has 1 saturated heterocycles. The fraction of sp³-hybridized carbons (Fsp3) is 0.241. The van der Waals surface area contributed by atoms with Gasteiger partial charge in [0, 0.05) is 44.7 Å². The van der Waals surface area contributed by atoms with Crippen LogP contribution in [0.4, 0.5) is 0 Å². The zero-order valence-corrected chi connectivity index (χ0v) is 23.9. The second-order valence-corrected chi connectivity index (χ2v) is 11.3. The summed E-state index contributed by atoms with van der Waals surface area (Å²) in [6, 6.07) is 10.4. The fourth-order valence-corrected chi connectivity index (χ4v) is 5.61. The molecule has 4 heterocycles. The highest BCUT2D eigenvalue weighted by atomic mass is 35.5. The van der Waals surface area contributed by atoms with Crippen LogP contribution in [0.15, 0.2) is 48.8 Å². The van der Waals surface area contributed by atoms with E-state index < -0.39 is 11.4 Å². The molecule has 2 aliphatic rings. The number of rotatable bonds is 5. The Labute approximate surface area is 245 Å². The lowest BCUT2D eigenvalue weighted by Crippen LogP contribution is -2.44. The van der Waals surface area contributed by atoms with Crippen LogP contribution >= 0.6 is 23.2 Å². The van der Waals surface area contributed by atoms with Crippen molar-refractivity contribution in [2.45, 2.75) is 26.0 Å². The summed E-state index contributed by atoms with van der Waals surface area (Å²) in [7, 11) is 1.56. The Morgan fingerprint density at radius 3 is 2.46 bits per heavy atom. The number of aromatic nitrogens is 3. The standard InChI is InChI=1S/C29H25Cl2N5O5/c1-29(2)13-40-14-35(29)28(38)24-26-25(36(34-24)20-7-18(30)6-19(31)8-20)22-9-21(23(39-3)5-17(22)12-41-26)15-4-16(27(32)37)11-33-10-15/h4-11H,12-14H2,1-3H3,(H2,32,37). The molecule has 2 aromatic heterocycles. The van der Waals surface area contributed by atoms with Gasteiger partial charge in [-0.25, -0.2) is 4.68 Å². The predicted molar refractivity (Wildman–Crippen MR) is 153 cm³/mol. The van der Waals surface area contributed by atoms with Crippen LogP contribution in [0.1, 0.15) is 40.3 Å². The van der Waals surface area contributed by atoms with E-state index in [1.165, 1.54) is 6.20 Å². The maximum Gasteiger partial charge on any atom is 0.280 e. The lowest BCUT2D eigenvalue weighted by Gasteiger charge is -2.28. The van der Waals surface area contributed by atoms with Crippen LogP contribution in [-0.4, -0.2) is 57.5 Å². The quantitative estimate of drug-likeness (QED) is 0.341. The molecule has 0 spiro atoms. The van der Waals surface area contributed by atoms with E-state index in [9.17, 15) is 9.59 Å². The molecule has 0 bridgehead atoms. The number of hydrogen-bond donors (Lipinski definition) is 1. The molecule has 2 amide bonds. The number of amides is 2. The van der Waals surface area contributed by atoms with Crippen molar-refractivity contribution in [1.82, 2.24) is 19.7 Å². The van der Waals surface area contributed by atoms with Crippen LogP contribution in [0.2, 0.25) is 10.0 Å². The van der Waals surface area contributed by atoms with Gasteiger partial charge in [0.05, 0.1) is 30.5 Å². The first-order valence-electron chi connectivity index (χ1n) is 12.7. The van der Waals surface area contributed by atoms with Gasteiger partial charge in [-0.3, -0.25) is 14.6 Å². The summed E-state index contributed by atoms with van der Waals surface area (Å²) < 4.78 is 19.1. The van der Waals surface area contributed by atoms with Crippen LogP contribution in [0.5, 0.6) is 11.5 Å². The number of ether oxygens (including phenoxy) is 3. The van der Waals surface area contributed by atoms with Gasteiger partial charge in [-0.2, -0.15) is 5.10 Å². The molecule has 0 aliphatic carbocycles. The van der Waals surface area contributed by atoms with Gasteiger partial charge < -0.3 is 24.8 Å². The molecular formula is C29H25Cl2N5O5. The molecule has 10 nitrogen and oxygen atoms in total. The molecule has 12 heteroatoms. The molecule has 0 atom stereocenters. The smallest absolute Gasteiger partial charge is 0.280 e. The summed E-state index contributed by atoms with van der Waals surface area (Å²) in [5, 5.41) is 5.56. The molecule has 2 aromatic carbocycles. The highest BCUT2D eigenvalue weighted by Crippen LogP contribution is 2.46. The molecule has 1 fully saturated rings. The van der Waals surface area contributed by atoms with Crippen LogP contribution in [0.25, 0.3) is 28.1 Å². The van der Waals surface area contributed by atoms with Crippen molar-refractivity contribution in [2.24, 2.45) is 5.73 Å².